The summed E-state index contributed by atoms with van der Waals surface area (Å²) < 4.78 is 4.82. The molecule has 0 saturated heterocycles. The number of aromatic nitrogens is 1. The molecule has 0 radical (unpaired) electrons. The van der Waals surface area contributed by atoms with E-state index in [0.29, 0.717) is 11.3 Å². The Bertz CT molecular complexity index is 574. The fraction of sp³-hybridized carbons (Fsp3) is 0.200. The molecule has 2 aromatic rings. The summed E-state index contributed by atoms with van der Waals surface area (Å²) in [4.78, 5) is 16.0. The van der Waals surface area contributed by atoms with E-state index in [-0.39, 0.29) is 5.97 Å². The predicted molar refractivity (Wildman–Crippen MR) is 70.5 cm³/mol. The summed E-state index contributed by atoms with van der Waals surface area (Å²) in [6.45, 7) is 3.84. The number of methoxy groups -OCH3 is 1. The molecule has 0 aliphatic carbocycles. The molecular formula is C15H15NO2. The van der Waals surface area contributed by atoms with Crippen molar-refractivity contribution in [3.05, 3.63) is 53.3 Å². The molecule has 1 aromatic carbocycles. The first-order valence-electron chi connectivity index (χ1n) is 5.74. The van der Waals surface area contributed by atoms with Crippen molar-refractivity contribution in [2.45, 2.75) is 13.8 Å². The van der Waals surface area contributed by atoms with Crippen LogP contribution in [0.15, 0.2) is 36.5 Å². The summed E-state index contributed by atoms with van der Waals surface area (Å²) in [6, 6.07) is 9.87. The van der Waals surface area contributed by atoms with Crippen LogP contribution in [-0.4, -0.2) is 18.1 Å². The predicted octanol–water partition coefficient (Wildman–Crippen LogP) is 3.15. The fourth-order valence-electron chi connectivity index (χ4n) is 1.90. The number of pyridine rings is 1. The lowest BCUT2D eigenvalue weighted by atomic mass is 9.98. The molecule has 0 unspecified atom stereocenters. The van der Waals surface area contributed by atoms with E-state index in [1.165, 1.54) is 12.7 Å². The molecule has 3 nitrogen and oxygen atoms in total. The molecule has 0 aliphatic heterocycles. The number of aryl methyl sites for hydroxylation is 2. The highest BCUT2D eigenvalue weighted by Crippen LogP contribution is 2.25. The number of rotatable bonds is 2. The molecule has 0 fully saturated rings. The average Bonchev–Trinajstić information content (AvgIpc) is 2.38. The van der Waals surface area contributed by atoms with Crippen LogP contribution in [0.1, 0.15) is 21.6 Å². The molecule has 0 spiro atoms. The van der Waals surface area contributed by atoms with Crippen molar-refractivity contribution in [2.24, 2.45) is 0 Å². The van der Waals surface area contributed by atoms with Crippen molar-refractivity contribution in [3.63, 3.8) is 0 Å². The van der Waals surface area contributed by atoms with Crippen LogP contribution in [0, 0.1) is 13.8 Å². The Balaban J connectivity index is 2.60. The van der Waals surface area contributed by atoms with Gasteiger partial charge in [0.15, 0.2) is 0 Å². The monoisotopic (exact) mass is 241 g/mol. The van der Waals surface area contributed by atoms with E-state index < -0.39 is 0 Å². The van der Waals surface area contributed by atoms with Crippen molar-refractivity contribution in [1.29, 1.82) is 0 Å². The SMILES string of the molecule is COC(=O)c1c(-c2ccc(C)cc2)ccnc1C. The van der Waals surface area contributed by atoms with Crippen LogP contribution in [0.5, 0.6) is 0 Å². The summed E-state index contributed by atoms with van der Waals surface area (Å²) in [5, 5.41) is 0. The summed E-state index contributed by atoms with van der Waals surface area (Å²) in [5.41, 5.74) is 4.24. The lowest BCUT2D eigenvalue weighted by Gasteiger charge is -2.10. The minimum Gasteiger partial charge on any atom is -0.465 e. The van der Waals surface area contributed by atoms with Gasteiger partial charge in [0, 0.05) is 6.20 Å². The number of ether oxygens (including phenoxy) is 1. The third-order valence-corrected chi connectivity index (χ3v) is 2.89. The second-order valence-electron chi connectivity index (χ2n) is 4.18. The van der Waals surface area contributed by atoms with E-state index in [9.17, 15) is 4.79 Å². The normalized spacial score (nSPS) is 10.2. The van der Waals surface area contributed by atoms with Gasteiger partial charge in [-0.05, 0) is 31.0 Å². The van der Waals surface area contributed by atoms with Gasteiger partial charge < -0.3 is 4.74 Å². The van der Waals surface area contributed by atoms with Gasteiger partial charge in [-0.2, -0.15) is 0 Å². The highest BCUT2D eigenvalue weighted by molar-refractivity contribution is 5.98. The Morgan fingerprint density at radius 3 is 2.39 bits per heavy atom. The summed E-state index contributed by atoms with van der Waals surface area (Å²) in [7, 11) is 1.38. The first kappa shape index (κ1) is 12.3. The van der Waals surface area contributed by atoms with Gasteiger partial charge in [0.1, 0.15) is 0 Å². The Morgan fingerprint density at radius 1 is 1.11 bits per heavy atom. The van der Waals surface area contributed by atoms with Gasteiger partial charge in [0.05, 0.1) is 18.4 Å². The number of carbonyl (C=O) groups excluding carboxylic acids is 1. The molecule has 0 saturated carbocycles. The van der Waals surface area contributed by atoms with Gasteiger partial charge >= 0.3 is 5.97 Å². The van der Waals surface area contributed by atoms with E-state index in [0.717, 1.165) is 11.1 Å². The Kier molecular flexibility index (Phi) is 3.42. The van der Waals surface area contributed by atoms with Crippen LogP contribution in [0.2, 0.25) is 0 Å². The molecule has 92 valence electrons. The molecule has 1 aromatic heterocycles. The lowest BCUT2D eigenvalue weighted by molar-refractivity contribution is 0.0600. The number of carbonyl (C=O) groups is 1. The molecule has 1 heterocycles. The third kappa shape index (κ3) is 2.25. The standard InChI is InChI=1S/C15H15NO2/c1-10-4-6-12(7-5-10)13-8-9-16-11(2)14(13)15(17)18-3/h4-9H,1-3H3. The van der Waals surface area contributed by atoms with Crippen molar-refractivity contribution in [2.75, 3.05) is 7.11 Å². The zero-order chi connectivity index (χ0) is 13.1. The smallest absolute Gasteiger partial charge is 0.340 e. The Labute approximate surface area is 106 Å². The highest BCUT2D eigenvalue weighted by Gasteiger charge is 2.16. The summed E-state index contributed by atoms with van der Waals surface area (Å²) in [5.74, 6) is -0.351. The van der Waals surface area contributed by atoms with Crippen LogP contribution < -0.4 is 0 Å². The first-order valence-corrected chi connectivity index (χ1v) is 5.74. The van der Waals surface area contributed by atoms with Crippen LogP contribution in [0.25, 0.3) is 11.1 Å². The zero-order valence-electron chi connectivity index (χ0n) is 10.7. The van der Waals surface area contributed by atoms with E-state index in [2.05, 4.69) is 4.98 Å². The van der Waals surface area contributed by atoms with E-state index >= 15 is 0 Å². The number of nitrogens with zero attached hydrogens (tertiary/aromatic N) is 1. The first-order chi connectivity index (χ1) is 8.63. The molecule has 0 atom stereocenters. The van der Waals surface area contributed by atoms with Gasteiger partial charge in [0.2, 0.25) is 0 Å². The van der Waals surface area contributed by atoms with E-state index in [1.54, 1.807) is 6.20 Å². The van der Waals surface area contributed by atoms with Crippen molar-refractivity contribution in [1.82, 2.24) is 4.98 Å². The van der Waals surface area contributed by atoms with Crippen LogP contribution in [0.4, 0.5) is 0 Å². The maximum Gasteiger partial charge on any atom is 0.340 e. The van der Waals surface area contributed by atoms with E-state index in [4.69, 9.17) is 4.74 Å². The summed E-state index contributed by atoms with van der Waals surface area (Å²) >= 11 is 0. The lowest BCUT2D eigenvalue weighted by Crippen LogP contribution is -2.07. The Morgan fingerprint density at radius 2 is 1.78 bits per heavy atom. The topological polar surface area (TPSA) is 39.2 Å². The summed E-state index contributed by atoms with van der Waals surface area (Å²) in [6.07, 6.45) is 1.71. The zero-order valence-corrected chi connectivity index (χ0v) is 10.7. The maximum absolute atomic E-state index is 11.8. The fourth-order valence-corrected chi connectivity index (χ4v) is 1.90. The molecule has 0 N–H and O–H groups in total. The molecule has 18 heavy (non-hydrogen) atoms. The number of benzene rings is 1. The molecule has 0 bridgehead atoms. The molecule has 0 aliphatic rings. The van der Waals surface area contributed by atoms with Gasteiger partial charge in [0.25, 0.3) is 0 Å². The van der Waals surface area contributed by atoms with E-state index in [1.807, 2.05) is 44.2 Å². The van der Waals surface area contributed by atoms with Crippen molar-refractivity contribution >= 4 is 5.97 Å². The van der Waals surface area contributed by atoms with Gasteiger partial charge in [-0.25, -0.2) is 4.79 Å². The Hall–Kier alpha value is -2.16. The van der Waals surface area contributed by atoms with Crippen molar-refractivity contribution in [3.8, 4) is 11.1 Å². The van der Waals surface area contributed by atoms with Crippen LogP contribution >= 0.6 is 0 Å². The maximum atomic E-state index is 11.8. The highest BCUT2D eigenvalue weighted by atomic mass is 16.5. The largest absolute Gasteiger partial charge is 0.465 e. The van der Waals surface area contributed by atoms with Gasteiger partial charge in [-0.1, -0.05) is 29.8 Å². The molecule has 0 amide bonds. The molecule has 2 rings (SSSR count). The second kappa shape index (κ2) is 5.00. The van der Waals surface area contributed by atoms with Gasteiger partial charge in [-0.3, -0.25) is 4.98 Å². The van der Waals surface area contributed by atoms with Gasteiger partial charge in [-0.15, -0.1) is 0 Å². The molecular weight excluding hydrogens is 226 g/mol. The second-order valence-corrected chi connectivity index (χ2v) is 4.18. The minimum absolute atomic E-state index is 0.351. The number of esters is 1. The third-order valence-electron chi connectivity index (χ3n) is 2.89. The minimum atomic E-state index is -0.351. The van der Waals surface area contributed by atoms with Crippen LogP contribution in [-0.2, 0) is 4.74 Å². The van der Waals surface area contributed by atoms with Crippen LogP contribution in [0.3, 0.4) is 0 Å². The molecule has 3 heteroatoms. The average molecular weight is 241 g/mol. The quantitative estimate of drug-likeness (QED) is 0.758. The number of hydrogen-bond donors (Lipinski definition) is 0. The van der Waals surface area contributed by atoms with Crippen molar-refractivity contribution < 1.29 is 9.53 Å². The number of hydrogen-bond acceptors (Lipinski definition) is 3.